The molecule has 1 aromatic heterocycles. The van der Waals surface area contributed by atoms with Gasteiger partial charge in [-0.3, -0.25) is 0 Å². The Labute approximate surface area is 122 Å². The van der Waals surface area contributed by atoms with Gasteiger partial charge in [-0.25, -0.2) is 9.97 Å². The van der Waals surface area contributed by atoms with Crippen molar-refractivity contribution in [1.82, 2.24) is 9.97 Å². The SMILES string of the molecule is c1ccc(C2(c3ccccc3)Nc3nccnc3N2)cc1. The first-order valence-electron chi connectivity index (χ1n) is 6.87. The summed E-state index contributed by atoms with van der Waals surface area (Å²) < 4.78 is 0. The highest BCUT2D eigenvalue weighted by molar-refractivity contribution is 5.72. The molecule has 0 bridgehead atoms. The lowest BCUT2D eigenvalue weighted by atomic mass is 9.92. The molecule has 4 nitrogen and oxygen atoms in total. The average molecular weight is 274 g/mol. The number of anilines is 2. The molecule has 0 unspecified atom stereocenters. The summed E-state index contributed by atoms with van der Waals surface area (Å²) in [4.78, 5) is 8.74. The predicted octanol–water partition coefficient (Wildman–Crippen LogP) is 3.22. The summed E-state index contributed by atoms with van der Waals surface area (Å²) in [5.41, 5.74) is 1.71. The lowest BCUT2D eigenvalue weighted by molar-refractivity contribution is 0.700. The maximum Gasteiger partial charge on any atom is 0.171 e. The van der Waals surface area contributed by atoms with Crippen LogP contribution in [0.3, 0.4) is 0 Å². The van der Waals surface area contributed by atoms with Gasteiger partial charge in [-0.15, -0.1) is 0 Å². The fourth-order valence-corrected chi connectivity index (χ4v) is 2.74. The van der Waals surface area contributed by atoms with Gasteiger partial charge in [-0.1, -0.05) is 60.7 Å². The third-order valence-electron chi connectivity index (χ3n) is 3.72. The van der Waals surface area contributed by atoms with E-state index < -0.39 is 5.66 Å². The first kappa shape index (κ1) is 11.9. The Morgan fingerprint density at radius 3 is 1.48 bits per heavy atom. The van der Waals surface area contributed by atoms with Crippen molar-refractivity contribution in [3.05, 3.63) is 84.2 Å². The molecule has 0 fully saturated rings. The molecule has 4 heteroatoms. The van der Waals surface area contributed by atoms with Crippen LogP contribution >= 0.6 is 0 Å². The highest BCUT2D eigenvalue weighted by Crippen LogP contribution is 2.40. The molecule has 1 aliphatic heterocycles. The predicted molar refractivity (Wildman–Crippen MR) is 82.9 cm³/mol. The van der Waals surface area contributed by atoms with Crippen LogP contribution in [0.25, 0.3) is 0 Å². The van der Waals surface area contributed by atoms with Gasteiger partial charge in [0, 0.05) is 23.5 Å². The van der Waals surface area contributed by atoms with Crippen LogP contribution in [0.1, 0.15) is 11.1 Å². The summed E-state index contributed by atoms with van der Waals surface area (Å²) in [6.07, 6.45) is 3.39. The molecule has 4 rings (SSSR count). The molecule has 2 N–H and O–H groups in total. The van der Waals surface area contributed by atoms with E-state index in [2.05, 4.69) is 44.9 Å². The van der Waals surface area contributed by atoms with Crippen LogP contribution < -0.4 is 10.6 Å². The van der Waals surface area contributed by atoms with Crippen molar-refractivity contribution in [2.75, 3.05) is 10.6 Å². The van der Waals surface area contributed by atoms with Crippen molar-refractivity contribution in [1.29, 1.82) is 0 Å². The number of nitrogens with zero attached hydrogens (tertiary/aromatic N) is 2. The van der Waals surface area contributed by atoms with E-state index in [4.69, 9.17) is 0 Å². The van der Waals surface area contributed by atoms with E-state index in [9.17, 15) is 0 Å². The van der Waals surface area contributed by atoms with Gasteiger partial charge in [0.2, 0.25) is 0 Å². The molecule has 21 heavy (non-hydrogen) atoms. The van der Waals surface area contributed by atoms with Gasteiger partial charge in [0.15, 0.2) is 17.3 Å². The molecule has 0 saturated heterocycles. The van der Waals surface area contributed by atoms with Crippen LogP contribution in [0, 0.1) is 0 Å². The normalized spacial score (nSPS) is 14.9. The van der Waals surface area contributed by atoms with Crippen LogP contribution in [0.2, 0.25) is 0 Å². The smallest absolute Gasteiger partial charge is 0.171 e. The van der Waals surface area contributed by atoms with E-state index >= 15 is 0 Å². The van der Waals surface area contributed by atoms with Gasteiger partial charge in [0.25, 0.3) is 0 Å². The van der Waals surface area contributed by atoms with Crippen molar-refractivity contribution in [2.24, 2.45) is 0 Å². The summed E-state index contributed by atoms with van der Waals surface area (Å²) in [7, 11) is 0. The van der Waals surface area contributed by atoms with Crippen molar-refractivity contribution in [3.8, 4) is 0 Å². The van der Waals surface area contributed by atoms with Crippen molar-refractivity contribution in [2.45, 2.75) is 5.66 Å². The molecule has 2 aromatic carbocycles. The standard InChI is InChI=1S/C17H14N4/c1-3-7-13(8-4-1)17(14-9-5-2-6-10-14)20-15-16(21-17)19-12-11-18-15/h1-12H,(H,18,20)(H,19,21). The lowest BCUT2D eigenvalue weighted by Crippen LogP contribution is -2.40. The van der Waals surface area contributed by atoms with Crippen LogP contribution in [0.4, 0.5) is 11.6 Å². The van der Waals surface area contributed by atoms with Gasteiger partial charge in [0.05, 0.1) is 0 Å². The van der Waals surface area contributed by atoms with E-state index in [1.54, 1.807) is 12.4 Å². The fourth-order valence-electron chi connectivity index (χ4n) is 2.74. The molecule has 0 saturated carbocycles. The largest absolute Gasteiger partial charge is 0.337 e. The van der Waals surface area contributed by atoms with Gasteiger partial charge >= 0.3 is 0 Å². The Morgan fingerprint density at radius 1 is 0.619 bits per heavy atom. The van der Waals surface area contributed by atoms with E-state index in [1.165, 1.54) is 0 Å². The summed E-state index contributed by atoms with van der Waals surface area (Å²) in [6, 6.07) is 20.6. The number of hydrogen-bond donors (Lipinski definition) is 2. The zero-order valence-electron chi connectivity index (χ0n) is 11.3. The van der Waals surface area contributed by atoms with E-state index in [-0.39, 0.29) is 0 Å². The Morgan fingerprint density at radius 2 is 1.05 bits per heavy atom. The third kappa shape index (κ3) is 1.84. The summed E-state index contributed by atoms with van der Waals surface area (Å²) >= 11 is 0. The van der Waals surface area contributed by atoms with E-state index in [1.807, 2.05) is 36.4 Å². The monoisotopic (exact) mass is 274 g/mol. The maximum atomic E-state index is 4.37. The van der Waals surface area contributed by atoms with Crippen LogP contribution in [-0.2, 0) is 5.66 Å². The van der Waals surface area contributed by atoms with Gasteiger partial charge in [-0.2, -0.15) is 0 Å². The van der Waals surface area contributed by atoms with E-state index in [0.717, 1.165) is 22.8 Å². The highest BCUT2D eigenvalue weighted by atomic mass is 15.3. The quantitative estimate of drug-likeness (QED) is 0.753. The molecule has 0 amide bonds. The van der Waals surface area contributed by atoms with Gasteiger partial charge in [0.1, 0.15) is 0 Å². The third-order valence-corrected chi connectivity index (χ3v) is 3.72. The molecule has 102 valence electrons. The number of rotatable bonds is 2. The molecule has 3 aromatic rings. The first-order valence-corrected chi connectivity index (χ1v) is 6.87. The lowest BCUT2D eigenvalue weighted by Gasteiger charge is -2.31. The maximum absolute atomic E-state index is 4.37. The molecular weight excluding hydrogens is 260 g/mol. The minimum absolute atomic E-state index is 0.536. The van der Waals surface area contributed by atoms with Crippen molar-refractivity contribution >= 4 is 11.6 Å². The second-order valence-electron chi connectivity index (χ2n) is 4.99. The molecule has 0 atom stereocenters. The fraction of sp³-hybridized carbons (Fsp3) is 0.0588. The number of benzene rings is 2. The van der Waals surface area contributed by atoms with Gasteiger partial charge in [-0.05, 0) is 0 Å². The van der Waals surface area contributed by atoms with Gasteiger partial charge < -0.3 is 10.6 Å². The number of fused-ring (bicyclic) bond motifs is 1. The molecule has 2 heterocycles. The minimum Gasteiger partial charge on any atom is -0.337 e. The minimum atomic E-state index is -0.536. The van der Waals surface area contributed by atoms with Crippen LogP contribution in [-0.4, -0.2) is 9.97 Å². The molecule has 0 aliphatic carbocycles. The van der Waals surface area contributed by atoms with Crippen LogP contribution in [0.15, 0.2) is 73.1 Å². The molecule has 1 aliphatic rings. The number of nitrogens with one attached hydrogen (secondary N) is 2. The molecule has 0 spiro atoms. The van der Waals surface area contributed by atoms with Crippen molar-refractivity contribution in [3.63, 3.8) is 0 Å². The Kier molecular flexibility index (Phi) is 2.60. The second kappa shape index (κ2) is 4.59. The van der Waals surface area contributed by atoms with E-state index in [0.29, 0.717) is 0 Å². The molecule has 0 radical (unpaired) electrons. The van der Waals surface area contributed by atoms with Crippen LogP contribution in [0.5, 0.6) is 0 Å². The molecular formula is C17H14N4. The zero-order valence-corrected chi connectivity index (χ0v) is 11.3. The Bertz CT molecular complexity index is 690. The Hall–Kier alpha value is -2.88. The Balaban J connectivity index is 1.90. The second-order valence-corrected chi connectivity index (χ2v) is 4.99. The topological polar surface area (TPSA) is 49.8 Å². The highest BCUT2D eigenvalue weighted by Gasteiger charge is 2.40. The zero-order chi connectivity index (χ0) is 14.1. The number of aromatic nitrogens is 2. The first-order chi connectivity index (χ1) is 10.4. The summed E-state index contributed by atoms with van der Waals surface area (Å²) in [5, 5.41) is 6.99. The average Bonchev–Trinajstić information content (AvgIpc) is 2.97. The van der Waals surface area contributed by atoms with Crippen molar-refractivity contribution < 1.29 is 0 Å². The summed E-state index contributed by atoms with van der Waals surface area (Å²) in [5.74, 6) is 1.54. The summed E-state index contributed by atoms with van der Waals surface area (Å²) in [6.45, 7) is 0. The number of hydrogen-bond acceptors (Lipinski definition) is 4.